The molecule has 0 saturated carbocycles. The molecule has 0 bridgehead atoms. The molecule has 1 heterocycles. The van der Waals surface area contributed by atoms with E-state index in [0.717, 1.165) is 34.0 Å². The summed E-state index contributed by atoms with van der Waals surface area (Å²) in [6.07, 6.45) is 2.94. The Morgan fingerprint density at radius 1 is 0.862 bits per heavy atom. The molecule has 4 aromatic rings. The van der Waals surface area contributed by atoms with Gasteiger partial charge in [0.1, 0.15) is 5.75 Å². The highest BCUT2D eigenvalue weighted by Crippen LogP contribution is 2.28. The van der Waals surface area contributed by atoms with Crippen molar-refractivity contribution in [3.63, 3.8) is 0 Å². The first-order valence-corrected chi connectivity index (χ1v) is 9.31. The summed E-state index contributed by atoms with van der Waals surface area (Å²) in [5.41, 5.74) is 4.63. The third-order valence-electron chi connectivity index (χ3n) is 4.39. The fraction of sp³-hybridized carbons (Fsp3) is 0.0400. The van der Waals surface area contributed by atoms with Crippen LogP contribution in [-0.2, 0) is 0 Å². The summed E-state index contributed by atoms with van der Waals surface area (Å²) in [5, 5.41) is 3.35. The van der Waals surface area contributed by atoms with Crippen LogP contribution in [-0.4, -0.2) is 17.8 Å². The summed E-state index contributed by atoms with van der Waals surface area (Å²) in [4.78, 5) is 9.18. The van der Waals surface area contributed by atoms with E-state index in [4.69, 9.17) is 9.73 Å². The predicted molar refractivity (Wildman–Crippen MR) is 118 cm³/mol. The minimum absolute atomic E-state index is 0.576. The first-order chi connectivity index (χ1) is 14.3. The number of methoxy groups -OCH3 is 1. The van der Waals surface area contributed by atoms with Crippen molar-refractivity contribution in [3.05, 3.63) is 114 Å². The van der Waals surface area contributed by atoms with Crippen LogP contribution in [0.3, 0.4) is 0 Å². The number of rotatable bonds is 6. The number of para-hydroxylation sites is 2. The molecule has 0 amide bonds. The maximum atomic E-state index is 5.41. The van der Waals surface area contributed by atoms with Gasteiger partial charge in [-0.2, -0.15) is 0 Å². The van der Waals surface area contributed by atoms with Crippen molar-refractivity contribution in [1.82, 2.24) is 4.98 Å². The van der Waals surface area contributed by atoms with Crippen molar-refractivity contribution in [2.45, 2.75) is 0 Å². The average Bonchev–Trinajstić information content (AvgIpc) is 2.79. The van der Waals surface area contributed by atoms with Crippen LogP contribution >= 0.6 is 0 Å². The summed E-state index contributed by atoms with van der Waals surface area (Å²) in [6, 6.07) is 31.7. The van der Waals surface area contributed by atoms with E-state index in [1.165, 1.54) is 0 Å². The molecule has 141 valence electrons. The Kier molecular flexibility index (Phi) is 5.63. The van der Waals surface area contributed by atoms with E-state index >= 15 is 0 Å². The minimum atomic E-state index is 0.576. The van der Waals surface area contributed by atoms with E-state index in [9.17, 15) is 0 Å². The zero-order valence-corrected chi connectivity index (χ0v) is 16.0. The lowest BCUT2D eigenvalue weighted by atomic mass is 10.0. The molecule has 1 radical (unpaired) electrons. The van der Waals surface area contributed by atoms with Crippen LogP contribution in [0.15, 0.2) is 102 Å². The van der Waals surface area contributed by atoms with Crippen LogP contribution < -0.4 is 10.1 Å². The maximum Gasteiger partial charge on any atom is 0.155 e. The molecule has 0 spiro atoms. The fourth-order valence-corrected chi connectivity index (χ4v) is 3.02. The Morgan fingerprint density at radius 3 is 2.14 bits per heavy atom. The van der Waals surface area contributed by atoms with Gasteiger partial charge in [0.15, 0.2) is 5.82 Å². The number of benzene rings is 3. The molecular formula is C25H20N3O. The van der Waals surface area contributed by atoms with Crippen molar-refractivity contribution in [1.29, 1.82) is 0 Å². The van der Waals surface area contributed by atoms with Crippen molar-refractivity contribution in [3.8, 4) is 5.75 Å². The van der Waals surface area contributed by atoms with Crippen molar-refractivity contribution in [2.75, 3.05) is 12.4 Å². The average molecular weight is 378 g/mol. The van der Waals surface area contributed by atoms with Crippen LogP contribution in [0.4, 0.5) is 17.2 Å². The van der Waals surface area contributed by atoms with E-state index in [1.807, 2.05) is 91.0 Å². The molecule has 0 saturated heterocycles. The second-order valence-corrected chi connectivity index (χ2v) is 6.36. The molecule has 4 rings (SSSR count). The van der Waals surface area contributed by atoms with Crippen molar-refractivity contribution in [2.24, 2.45) is 4.99 Å². The van der Waals surface area contributed by atoms with E-state index in [2.05, 4.69) is 16.5 Å². The van der Waals surface area contributed by atoms with Gasteiger partial charge in [-0.05, 0) is 18.2 Å². The molecule has 1 aromatic heterocycles. The number of aromatic nitrogens is 1. The molecule has 0 aliphatic heterocycles. The maximum absolute atomic E-state index is 5.41. The Hall–Kier alpha value is -3.92. The number of ether oxygens (including phenoxy) is 1. The highest BCUT2D eigenvalue weighted by Gasteiger charge is 2.08. The Labute approximate surface area is 170 Å². The highest BCUT2D eigenvalue weighted by molar-refractivity contribution is 6.13. The number of pyridine rings is 1. The molecule has 0 fully saturated rings. The summed E-state index contributed by atoms with van der Waals surface area (Å²) < 4.78 is 5.41. The van der Waals surface area contributed by atoms with E-state index in [1.54, 1.807) is 13.2 Å². The van der Waals surface area contributed by atoms with Gasteiger partial charge < -0.3 is 10.1 Å². The zero-order valence-electron chi connectivity index (χ0n) is 16.0. The lowest BCUT2D eigenvalue weighted by Gasteiger charge is -2.11. The van der Waals surface area contributed by atoms with Crippen LogP contribution in [0.2, 0.25) is 0 Å². The van der Waals surface area contributed by atoms with E-state index in [-0.39, 0.29) is 0 Å². The first kappa shape index (κ1) is 18.4. The number of hydrogen-bond acceptors (Lipinski definition) is 4. The van der Waals surface area contributed by atoms with Gasteiger partial charge in [0.05, 0.1) is 24.7 Å². The molecule has 4 heteroatoms. The Morgan fingerprint density at radius 2 is 1.48 bits per heavy atom. The van der Waals surface area contributed by atoms with Crippen LogP contribution in [0.25, 0.3) is 0 Å². The molecular weight excluding hydrogens is 358 g/mol. The topological polar surface area (TPSA) is 46.5 Å². The monoisotopic (exact) mass is 378 g/mol. The van der Waals surface area contributed by atoms with Crippen LogP contribution in [0, 0.1) is 6.20 Å². The van der Waals surface area contributed by atoms with E-state index < -0.39 is 0 Å². The smallest absolute Gasteiger partial charge is 0.155 e. The van der Waals surface area contributed by atoms with Gasteiger partial charge in [-0.25, -0.2) is 9.98 Å². The van der Waals surface area contributed by atoms with Crippen LogP contribution in [0.5, 0.6) is 5.75 Å². The zero-order chi connectivity index (χ0) is 19.9. The molecule has 0 atom stereocenters. The summed E-state index contributed by atoms with van der Waals surface area (Å²) in [7, 11) is 1.65. The summed E-state index contributed by atoms with van der Waals surface area (Å²) in [5.74, 6) is 1.34. The molecule has 29 heavy (non-hydrogen) atoms. The highest BCUT2D eigenvalue weighted by atomic mass is 16.5. The lowest BCUT2D eigenvalue weighted by Crippen LogP contribution is -2.03. The number of hydrogen-bond donors (Lipinski definition) is 1. The van der Waals surface area contributed by atoms with Gasteiger partial charge in [-0.1, -0.05) is 72.8 Å². The standard InChI is InChI=1S/C25H20N3O/c1-29-23-15-9-8-14-22(23)27-21-16-17-26-24(18-21)28-25(19-10-4-2-5-11-19)20-12-6-3-7-13-20/h2-16,18H,1H3,(H,26,27). The Bertz CT molecular complexity index is 1070. The third-order valence-corrected chi connectivity index (χ3v) is 4.39. The van der Waals surface area contributed by atoms with Gasteiger partial charge >= 0.3 is 0 Å². The largest absolute Gasteiger partial charge is 0.495 e. The number of nitrogens with zero attached hydrogens (tertiary/aromatic N) is 2. The number of anilines is 2. The molecule has 4 nitrogen and oxygen atoms in total. The minimum Gasteiger partial charge on any atom is -0.495 e. The molecule has 3 aromatic carbocycles. The molecule has 1 N–H and O–H groups in total. The van der Waals surface area contributed by atoms with Gasteiger partial charge in [0.25, 0.3) is 0 Å². The Balaban J connectivity index is 1.71. The third kappa shape index (κ3) is 4.50. The second-order valence-electron chi connectivity index (χ2n) is 6.36. The number of aliphatic imine (C=N–C) groups is 1. The van der Waals surface area contributed by atoms with Gasteiger partial charge in [-0.15, -0.1) is 0 Å². The second kappa shape index (κ2) is 8.85. The normalized spacial score (nSPS) is 10.2. The van der Waals surface area contributed by atoms with Crippen molar-refractivity contribution >= 4 is 22.9 Å². The van der Waals surface area contributed by atoms with Gasteiger partial charge in [-0.3, -0.25) is 0 Å². The molecule has 0 unspecified atom stereocenters. The van der Waals surface area contributed by atoms with Gasteiger partial charge in [0.2, 0.25) is 0 Å². The summed E-state index contributed by atoms with van der Waals surface area (Å²) in [6.45, 7) is 0. The number of nitrogens with one attached hydrogen (secondary N) is 1. The fourth-order valence-electron chi connectivity index (χ4n) is 3.02. The lowest BCUT2D eigenvalue weighted by molar-refractivity contribution is 0.417. The van der Waals surface area contributed by atoms with E-state index in [0.29, 0.717) is 5.82 Å². The SMILES string of the molecule is COc1ccccc1Nc1c[c]nc(N=C(c2ccccc2)c2ccccc2)c1. The predicted octanol–water partition coefficient (Wildman–Crippen LogP) is 5.80. The molecule has 0 aliphatic rings. The quantitative estimate of drug-likeness (QED) is 0.431. The molecule has 0 aliphatic carbocycles. The first-order valence-electron chi connectivity index (χ1n) is 9.31. The van der Waals surface area contributed by atoms with Crippen molar-refractivity contribution < 1.29 is 4.74 Å². The van der Waals surface area contributed by atoms with Crippen LogP contribution in [0.1, 0.15) is 11.1 Å². The van der Waals surface area contributed by atoms with Gasteiger partial charge in [0, 0.05) is 22.9 Å². The summed E-state index contributed by atoms with van der Waals surface area (Å²) >= 11 is 0.